The molecule has 0 aliphatic heterocycles. The van der Waals surface area contributed by atoms with Crippen LogP contribution >= 0.6 is 0 Å². The lowest BCUT2D eigenvalue weighted by molar-refractivity contribution is 0.0599. The molecule has 4 nitrogen and oxygen atoms in total. The molecule has 0 radical (unpaired) electrons. The van der Waals surface area contributed by atoms with E-state index in [1.165, 1.54) is 13.3 Å². The second-order valence-corrected chi connectivity index (χ2v) is 4.11. The number of nitrogens with zero attached hydrogens (tertiary/aromatic N) is 1. The molecule has 0 aromatic carbocycles. The molecule has 0 unspecified atom stereocenters. The van der Waals surface area contributed by atoms with Gasteiger partial charge in [-0.1, -0.05) is 13.8 Å². The van der Waals surface area contributed by atoms with Crippen molar-refractivity contribution < 1.29 is 14.6 Å². The van der Waals surface area contributed by atoms with Crippen LogP contribution in [0.25, 0.3) is 0 Å². The molecule has 1 N–H and O–H groups in total. The Kier molecular flexibility index (Phi) is 4.43. The quantitative estimate of drug-likeness (QED) is 0.792. The molecule has 1 rings (SSSR count). The van der Waals surface area contributed by atoms with Gasteiger partial charge in [0, 0.05) is 6.20 Å². The lowest BCUT2D eigenvalue weighted by atomic mass is 10.0. The normalized spacial score (nSPS) is 12.6. The lowest BCUT2D eigenvalue weighted by Gasteiger charge is -2.12. The third-order valence-electron chi connectivity index (χ3n) is 2.24. The molecule has 0 fully saturated rings. The fourth-order valence-corrected chi connectivity index (χ4v) is 1.41. The van der Waals surface area contributed by atoms with Crippen LogP contribution in [0, 0.1) is 5.92 Å². The molecule has 0 aliphatic rings. The number of esters is 1. The molecule has 0 bridgehead atoms. The van der Waals surface area contributed by atoms with E-state index in [1.54, 1.807) is 12.1 Å². The van der Waals surface area contributed by atoms with Gasteiger partial charge in [-0.2, -0.15) is 0 Å². The number of aromatic nitrogens is 1. The van der Waals surface area contributed by atoms with E-state index in [2.05, 4.69) is 9.72 Å². The highest BCUT2D eigenvalue weighted by Gasteiger charge is 2.12. The molecule has 0 amide bonds. The number of hydrogen-bond donors (Lipinski definition) is 1. The summed E-state index contributed by atoms with van der Waals surface area (Å²) in [5.74, 6) is -0.0190. The van der Waals surface area contributed by atoms with Crippen LogP contribution in [0.3, 0.4) is 0 Å². The zero-order valence-electron chi connectivity index (χ0n) is 9.80. The van der Waals surface area contributed by atoms with Crippen molar-refractivity contribution in [1.82, 2.24) is 4.98 Å². The average molecular weight is 223 g/mol. The standard InChI is InChI=1S/C12H17NO3/c1-8(2)6-11(14)10-5-4-9(7-13-10)12(15)16-3/h4-5,7-8,11,14H,6H2,1-3H3/t11-/m0/s1. The summed E-state index contributed by atoms with van der Waals surface area (Å²) in [5.41, 5.74) is 0.976. The van der Waals surface area contributed by atoms with Crippen molar-refractivity contribution >= 4 is 5.97 Å². The number of carbonyl (C=O) groups excluding carboxylic acids is 1. The predicted octanol–water partition coefficient (Wildman–Crippen LogP) is 1.95. The minimum atomic E-state index is -0.577. The Bertz CT molecular complexity index is 346. The van der Waals surface area contributed by atoms with Crippen molar-refractivity contribution in [2.24, 2.45) is 5.92 Å². The van der Waals surface area contributed by atoms with Crippen LogP contribution in [0.1, 0.15) is 42.4 Å². The number of hydrogen-bond acceptors (Lipinski definition) is 4. The topological polar surface area (TPSA) is 59.4 Å². The van der Waals surface area contributed by atoms with E-state index in [0.29, 0.717) is 23.6 Å². The van der Waals surface area contributed by atoms with Gasteiger partial charge in [0.15, 0.2) is 0 Å². The largest absolute Gasteiger partial charge is 0.465 e. The van der Waals surface area contributed by atoms with E-state index in [9.17, 15) is 9.90 Å². The fourth-order valence-electron chi connectivity index (χ4n) is 1.41. The summed E-state index contributed by atoms with van der Waals surface area (Å²) in [6.07, 6.45) is 1.50. The Balaban J connectivity index is 2.74. The minimum absolute atomic E-state index is 0.392. The first kappa shape index (κ1) is 12.6. The first-order valence-corrected chi connectivity index (χ1v) is 5.27. The maximum Gasteiger partial charge on any atom is 0.339 e. The SMILES string of the molecule is COC(=O)c1ccc([C@@H](O)CC(C)C)nc1. The fraction of sp³-hybridized carbons (Fsp3) is 0.500. The molecule has 0 aliphatic carbocycles. The molecule has 4 heteroatoms. The van der Waals surface area contributed by atoms with E-state index in [4.69, 9.17) is 0 Å². The molecule has 0 saturated heterocycles. The predicted molar refractivity (Wildman–Crippen MR) is 60.0 cm³/mol. The molecule has 1 atom stereocenters. The number of pyridine rings is 1. The summed E-state index contributed by atoms with van der Waals surface area (Å²) in [6.45, 7) is 4.07. The summed E-state index contributed by atoms with van der Waals surface area (Å²) >= 11 is 0. The highest BCUT2D eigenvalue weighted by Crippen LogP contribution is 2.19. The molecular weight excluding hydrogens is 206 g/mol. The van der Waals surface area contributed by atoms with E-state index >= 15 is 0 Å². The number of aliphatic hydroxyl groups excluding tert-OH is 1. The van der Waals surface area contributed by atoms with E-state index in [1.807, 2.05) is 13.8 Å². The first-order valence-electron chi connectivity index (χ1n) is 5.27. The summed E-state index contributed by atoms with van der Waals surface area (Å²) in [7, 11) is 1.32. The molecule has 0 saturated carbocycles. The van der Waals surface area contributed by atoms with Crippen molar-refractivity contribution in [3.63, 3.8) is 0 Å². The van der Waals surface area contributed by atoms with Gasteiger partial charge in [0.2, 0.25) is 0 Å². The van der Waals surface area contributed by atoms with Crippen LogP contribution in [0.5, 0.6) is 0 Å². The van der Waals surface area contributed by atoms with Crippen molar-refractivity contribution in [2.75, 3.05) is 7.11 Å². The second-order valence-electron chi connectivity index (χ2n) is 4.11. The van der Waals surface area contributed by atoms with Gasteiger partial charge in [-0.05, 0) is 24.5 Å². The van der Waals surface area contributed by atoms with Gasteiger partial charge >= 0.3 is 5.97 Å². The van der Waals surface area contributed by atoms with Crippen molar-refractivity contribution in [1.29, 1.82) is 0 Å². The third-order valence-corrected chi connectivity index (χ3v) is 2.24. The van der Waals surface area contributed by atoms with Crippen LogP contribution in [0.15, 0.2) is 18.3 Å². The van der Waals surface area contributed by atoms with Crippen LogP contribution < -0.4 is 0 Å². The molecule has 0 spiro atoms. The van der Waals surface area contributed by atoms with Gasteiger partial charge in [0.1, 0.15) is 0 Å². The van der Waals surface area contributed by atoms with Gasteiger partial charge in [0.25, 0.3) is 0 Å². The Labute approximate surface area is 95.3 Å². The van der Waals surface area contributed by atoms with Crippen molar-refractivity contribution in [3.05, 3.63) is 29.6 Å². The number of methoxy groups -OCH3 is 1. The molecule has 1 aromatic heterocycles. The Hall–Kier alpha value is -1.42. The van der Waals surface area contributed by atoms with Crippen LogP contribution in [-0.4, -0.2) is 23.2 Å². The highest BCUT2D eigenvalue weighted by molar-refractivity contribution is 5.88. The maximum atomic E-state index is 11.1. The highest BCUT2D eigenvalue weighted by atomic mass is 16.5. The van der Waals surface area contributed by atoms with E-state index < -0.39 is 12.1 Å². The molecule has 1 heterocycles. The smallest absolute Gasteiger partial charge is 0.339 e. The first-order chi connectivity index (χ1) is 7.54. The summed E-state index contributed by atoms with van der Waals surface area (Å²) in [4.78, 5) is 15.2. The van der Waals surface area contributed by atoms with Gasteiger partial charge in [0.05, 0.1) is 24.5 Å². The molecule has 88 valence electrons. The average Bonchev–Trinajstić information content (AvgIpc) is 2.27. The molecule has 1 aromatic rings. The van der Waals surface area contributed by atoms with Gasteiger partial charge in [-0.25, -0.2) is 4.79 Å². The van der Waals surface area contributed by atoms with Crippen molar-refractivity contribution in [3.8, 4) is 0 Å². The Morgan fingerprint density at radius 3 is 2.62 bits per heavy atom. The zero-order valence-corrected chi connectivity index (χ0v) is 9.80. The van der Waals surface area contributed by atoms with Crippen LogP contribution in [0.4, 0.5) is 0 Å². The van der Waals surface area contributed by atoms with Crippen molar-refractivity contribution in [2.45, 2.75) is 26.4 Å². The molecule has 16 heavy (non-hydrogen) atoms. The third kappa shape index (κ3) is 3.31. The lowest BCUT2D eigenvalue weighted by Crippen LogP contribution is -2.06. The van der Waals surface area contributed by atoms with E-state index in [-0.39, 0.29) is 0 Å². The summed E-state index contributed by atoms with van der Waals surface area (Å²) in [6, 6.07) is 3.26. The van der Waals surface area contributed by atoms with Gasteiger partial charge in [-0.3, -0.25) is 4.98 Å². The summed E-state index contributed by atoms with van der Waals surface area (Å²) < 4.78 is 4.56. The zero-order chi connectivity index (χ0) is 12.1. The number of ether oxygens (including phenoxy) is 1. The number of aliphatic hydroxyl groups is 1. The maximum absolute atomic E-state index is 11.1. The number of rotatable bonds is 4. The van der Waals surface area contributed by atoms with Crippen LogP contribution in [0.2, 0.25) is 0 Å². The monoisotopic (exact) mass is 223 g/mol. The number of carbonyl (C=O) groups is 1. The minimum Gasteiger partial charge on any atom is -0.465 e. The van der Waals surface area contributed by atoms with E-state index in [0.717, 1.165) is 0 Å². The summed E-state index contributed by atoms with van der Waals surface area (Å²) in [5, 5.41) is 9.80. The molecular formula is C12H17NO3. The Morgan fingerprint density at radius 2 is 2.19 bits per heavy atom. The Morgan fingerprint density at radius 1 is 1.50 bits per heavy atom. The van der Waals surface area contributed by atoms with Gasteiger partial charge < -0.3 is 9.84 Å². The second kappa shape index (κ2) is 5.61. The van der Waals surface area contributed by atoms with Gasteiger partial charge in [-0.15, -0.1) is 0 Å². The van der Waals surface area contributed by atoms with Crippen LogP contribution in [-0.2, 0) is 4.74 Å².